The van der Waals surface area contributed by atoms with Gasteiger partial charge in [-0.05, 0) is 67.4 Å². The first kappa shape index (κ1) is 26.0. The summed E-state index contributed by atoms with van der Waals surface area (Å²) in [5.41, 5.74) is 2.20. The van der Waals surface area contributed by atoms with E-state index in [1.54, 1.807) is 18.2 Å². The Kier molecular flexibility index (Phi) is 8.44. The fraction of sp³-hybridized carbons (Fsp3) is 0.323. The lowest BCUT2D eigenvalue weighted by molar-refractivity contribution is -0.124. The number of amides is 1. The lowest BCUT2D eigenvalue weighted by atomic mass is 9.94. The summed E-state index contributed by atoms with van der Waals surface area (Å²) < 4.78 is 11.4. The van der Waals surface area contributed by atoms with Crippen molar-refractivity contribution < 1.29 is 18.7 Å². The highest BCUT2D eigenvalue weighted by Gasteiger charge is 2.38. The number of nitrogens with zero attached hydrogens (tertiary/aromatic N) is 2. The lowest BCUT2D eigenvalue weighted by Crippen LogP contribution is -2.40. The number of para-hydroxylation sites is 1. The second-order valence-electron chi connectivity index (χ2n) is 9.58. The molecular formula is C31H32N2O4S. The van der Waals surface area contributed by atoms with Gasteiger partial charge in [-0.3, -0.25) is 9.69 Å². The van der Waals surface area contributed by atoms with Gasteiger partial charge in [0.1, 0.15) is 11.5 Å². The van der Waals surface area contributed by atoms with Gasteiger partial charge in [0, 0.05) is 17.7 Å². The molecule has 2 aromatic carbocycles. The van der Waals surface area contributed by atoms with Crippen LogP contribution in [0, 0.1) is 0 Å². The number of thioether (sulfide) groups is 1. The van der Waals surface area contributed by atoms with Crippen molar-refractivity contribution >= 4 is 40.6 Å². The summed E-state index contributed by atoms with van der Waals surface area (Å²) in [6.07, 6.45) is 9.12. The number of carbonyl (C=O) groups excluding carboxylic acids is 2. The topological polar surface area (TPSA) is 72.1 Å². The summed E-state index contributed by atoms with van der Waals surface area (Å²) in [6, 6.07) is 20.9. The molecule has 1 aromatic heterocycles. The lowest BCUT2D eigenvalue weighted by Gasteiger charge is -2.30. The molecule has 0 atom stereocenters. The predicted octanol–water partition coefficient (Wildman–Crippen LogP) is 7.84. The van der Waals surface area contributed by atoms with Crippen molar-refractivity contribution in [1.29, 1.82) is 0 Å². The number of ether oxygens (including phenoxy) is 1. The number of carbonyl (C=O) groups is 2. The van der Waals surface area contributed by atoms with Crippen LogP contribution in [0.4, 0.5) is 5.69 Å². The summed E-state index contributed by atoms with van der Waals surface area (Å²) in [5, 5.41) is 0.729. The number of aliphatic imine (C=N–C) groups is 1. The van der Waals surface area contributed by atoms with E-state index < -0.39 is 0 Å². The zero-order chi connectivity index (χ0) is 26.3. The molecule has 38 heavy (non-hydrogen) atoms. The Morgan fingerprint density at radius 1 is 1.05 bits per heavy atom. The fourth-order valence-corrected chi connectivity index (χ4v) is 5.76. The first-order chi connectivity index (χ1) is 18.6. The number of hydrogen-bond donors (Lipinski definition) is 0. The molecule has 0 unspecified atom stereocenters. The third-order valence-corrected chi connectivity index (χ3v) is 7.78. The van der Waals surface area contributed by atoms with Crippen molar-refractivity contribution in [3.8, 4) is 11.3 Å². The zero-order valence-corrected chi connectivity index (χ0v) is 22.4. The van der Waals surface area contributed by atoms with Crippen molar-refractivity contribution in [3.63, 3.8) is 0 Å². The first-order valence-corrected chi connectivity index (χ1v) is 14.2. The van der Waals surface area contributed by atoms with E-state index >= 15 is 0 Å². The van der Waals surface area contributed by atoms with Crippen LogP contribution in [0.1, 0.15) is 68.0 Å². The standard InChI is InChI=1S/C31H32N2O4S/c1-2-3-20-36-30(35)23-16-14-22(15-17-23)27-19-18-26(37-27)21-28-29(34)33(25-12-8-5-9-13-25)31(38-28)32-24-10-6-4-7-11-24/h4,6-7,10-11,14-19,21,25H,2-3,5,8-9,12-13,20H2,1H3/b28-21-,32-31?. The third-order valence-electron chi connectivity index (χ3n) is 6.79. The average Bonchev–Trinajstić information content (AvgIpc) is 3.54. The Morgan fingerprint density at radius 2 is 1.82 bits per heavy atom. The first-order valence-electron chi connectivity index (χ1n) is 13.4. The Balaban J connectivity index is 1.34. The smallest absolute Gasteiger partial charge is 0.338 e. The molecule has 1 aliphatic carbocycles. The Bertz CT molecular complexity index is 1320. The molecule has 0 N–H and O–H groups in total. The third kappa shape index (κ3) is 6.10. The van der Waals surface area contributed by atoms with E-state index in [4.69, 9.17) is 14.1 Å². The Labute approximate surface area is 227 Å². The van der Waals surface area contributed by atoms with E-state index in [1.807, 2.05) is 59.5 Å². The fourth-order valence-electron chi connectivity index (χ4n) is 4.72. The maximum absolute atomic E-state index is 13.6. The molecule has 1 saturated heterocycles. The van der Waals surface area contributed by atoms with Crippen LogP contribution in [-0.4, -0.2) is 34.6 Å². The summed E-state index contributed by atoms with van der Waals surface area (Å²) in [5.74, 6) is 0.937. The monoisotopic (exact) mass is 528 g/mol. The van der Waals surface area contributed by atoms with Gasteiger partial charge < -0.3 is 9.15 Å². The van der Waals surface area contributed by atoms with Crippen LogP contribution in [0.5, 0.6) is 0 Å². The van der Waals surface area contributed by atoms with Crippen molar-refractivity contribution in [2.75, 3.05) is 6.61 Å². The average molecular weight is 529 g/mol. The van der Waals surface area contributed by atoms with Gasteiger partial charge in [0.2, 0.25) is 0 Å². The van der Waals surface area contributed by atoms with Crippen molar-refractivity contribution in [1.82, 2.24) is 4.90 Å². The van der Waals surface area contributed by atoms with Crippen LogP contribution in [0.3, 0.4) is 0 Å². The Hall–Kier alpha value is -3.58. The number of amidine groups is 1. The molecule has 3 aromatic rings. The summed E-state index contributed by atoms with van der Waals surface area (Å²) >= 11 is 1.40. The molecule has 1 amide bonds. The molecule has 7 heteroatoms. The summed E-state index contributed by atoms with van der Waals surface area (Å²) in [4.78, 5) is 33.1. The maximum Gasteiger partial charge on any atom is 0.338 e. The highest BCUT2D eigenvalue weighted by molar-refractivity contribution is 8.18. The van der Waals surface area contributed by atoms with E-state index in [-0.39, 0.29) is 17.9 Å². The molecule has 0 spiro atoms. The molecule has 2 aliphatic rings. The van der Waals surface area contributed by atoms with Gasteiger partial charge in [-0.2, -0.15) is 0 Å². The number of furan rings is 1. The molecule has 2 heterocycles. The van der Waals surface area contributed by atoms with Crippen molar-refractivity contribution in [2.24, 2.45) is 4.99 Å². The van der Waals surface area contributed by atoms with E-state index in [0.29, 0.717) is 28.6 Å². The molecule has 0 bridgehead atoms. The van der Waals surface area contributed by atoms with Crippen LogP contribution in [-0.2, 0) is 9.53 Å². The van der Waals surface area contributed by atoms with Crippen LogP contribution in [0.25, 0.3) is 17.4 Å². The number of benzene rings is 2. The molecule has 0 radical (unpaired) electrons. The van der Waals surface area contributed by atoms with E-state index in [0.717, 1.165) is 54.9 Å². The van der Waals surface area contributed by atoms with E-state index in [2.05, 4.69) is 6.92 Å². The molecule has 2 fully saturated rings. The van der Waals surface area contributed by atoms with E-state index in [1.165, 1.54) is 18.2 Å². The molecule has 5 rings (SSSR count). The van der Waals surface area contributed by atoms with Crippen molar-refractivity contribution in [2.45, 2.75) is 57.9 Å². The molecule has 1 aliphatic heterocycles. The molecule has 196 valence electrons. The second-order valence-corrected chi connectivity index (χ2v) is 10.6. The highest BCUT2D eigenvalue weighted by atomic mass is 32.2. The summed E-state index contributed by atoms with van der Waals surface area (Å²) in [6.45, 7) is 2.49. The van der Waals surface area contributed by atoms with Gasteiger partial charge >= 0.3 is 5.97 Å². The molecular weight excluding hydrogens is 496 g/mol. The Morgan fingerprint density at radius 3 is 2.55 bits per heavy atom. The number of rotatable bonds is 8. The number of unbranched alkanes of at least 4 members (excludes halogenated alkanes) is 1. The van der Waals surface area contributed by atoms with Gasteiger partial charge in [0.05, 0.1) is 22.8 Å². The number of esters is 1. The van der Waals surface area contributed by atoms with E-state index in [9.17, 15) is 9.59 Å². The quantitative estimate of drug-likeness (QED) is 0.169. The van der Waals surface area contributed by atoms with Gasteiger partial charge in [-0.15, -0.1) is 0 Å². The van der Waals surface area contributed by atoms with Gasteiger partial charge in [-0.1, -0.05) is 62.9 Å². The number of hydrogen-bond acceptors (Lipinski definition) is 6. The largest absolute Gasteiger partial charge is 0.462 e. The van der Waals surface area contributed by atoms with Crippen LogP contribution < -0.4 is 0 Å². The zero-order valence-electron chi connectivity index (χ0n) is 21.6. The minimum absolute atomic E-state index is 0.0135. The SMILES string of the molecule is CCCCOC(=O)c1ccc(-c2ccc(/C=C3\SC(=Nc4ccccc4)N(C4CCCCC4)C3=O)o2)cc1. The highest BCUT2D eigenvalue weighted by Crippen LogP contribution is 2.39. The predicted molar refractivity (Wildman–Crippen MR) is 152 cm³/mol. The minimum atomic E-state index is -0.317. The second kappa shape index (κ2) is 12.3. The maximum atomic E-state index is 13.6. The molecule has 6 nitrogen and oxygen atoms in total. The normalized spacial score (nSPS) is 18.4. The van der Waals surface area contributed by atoms with Gasteiger partial charge in [0.25, 0.3) is 5.91 Å². The minimum Gasteiger partial charge on any atom is -0.462 e. The summed E-state index contributed by atoms with van der Waals surface area (Å²) in [7, 11) is 0. The molecule has 1 saturated carbocycles. The van der Waals surface area contributed by atoms with Crippen LogP contribution >= 0.6 is 11.8 Å². The van der Waals surface area contributed by atoms with Gasteiger partial charge in [0.15, 0.2) is 5.17 Å². The van der Waals surface area contributed by atoms with Crippen molar-refractivity contribution in [3.05, 3.63) is 83.0 Å². The van der Waals surface area contributed by atoms with Gasteiger partial charge in [-0.25, -0.2) is 9.79 Å². The van der Waals surface area contributed by atoms with Crippen LogP contribution in [0.15, 0.2) is 81.0 Å². The van der Waals surface area contributed by atoms with Crippen LogP contribution in [0.2, 0.25) is 0 Å².